The van der Waals surface area contributed by atoms with Crippen LogP contribution < -0.4 is 10.8 Å². The summed E-state index contributed by atoms with van der Waals surface area (Å²) in [5.74, 6) is -1.34. The molecule has 2 rings (SSSR count). The van der Waals surface area contributed by atoms with Crippen LogP contribution in [-0.2, 0) is 16.0 Å². The van der Waals surface area contributed by atoms with Gasteiger partial charge in [0.05, 0.1) is 0 Å². The summed E-state index contributed by atoms with van der Waals surface area (Å²) in [6.07, 6.45) is 0.997. The molecule has 0 saturated carbocycles. The van der Waals surface area contributed by atoms with Gasteiger partial charge in [-0.2, -0.15) is 0 Å². The zero-order valence-electron chi connectivity index (χ0n) is 15.9. The molecule has 1 fully saturated rings. The lowest BCUT2D eigenvalue weighted by Crippen LogP contribution is -2.60. The third-order valence-electron chi connectivity index (χ3n) is 4.78. The molecule has 27 heavy (non-hydrogen) atoms. The van der Waals surface area contributed by atoms with Crippen LogP contribution in [0.25, 0.3) is 0 Å². The van der Waals surface area contributed by atoms with Crippen LogP contribution in [0.5, 0.6) is 0 Å². The van der Waals surface area contributed by atoms with E-state index in [-0.39, 0.29) is 18.2 Å². The second kappa shape index (κ2) is 10.0. The lowest BCUT2D eigenvalue weighted by molar-refractivity contribution is -0.136. The van der Waals surface area contributed by atoms with Gasteiger partial charge < -0.3 is 15.1 Å². The predicted molar refractivity (Wildman–Crippen MR) is 100 cm³/mol. The molecule has 1 aromatic rings. The number of nitrogens with zero attached hydrogens (tertiary/aromatic N) is 2. The Bertz CT molecular complexity index is 650. The van der Waals surface area contributed by atoms with Gasteiger partial charge in [0.25, 0.3) is 0 Å². The molecule has 1 saturated heterocycles. The lowest BCUT2D eigenvalue weighted by Gasteiger charge is -2.38. The van der Waals surface area contributed by atoms with Crippen molar-refractivity contribution in [1.29, 1.82) is 0 Å². The SMILES string of the molecule is CN(C)C(=O)N1CCNC[C@H]1C(=O)C(CCc1ccccc1)CC(=O)NO. The summed E-state index contributed by atoms with van der Waals surface area (Å²) in [5.41, 5.74) is 2.68. The molecule has 3 amide bonds. The predicted octanol–water partition coefficient (Wildman–Crippen LogP) is 0.655. The summed E-state index contributed by atoms with van der Waals surface area (Å²) in [6.45, 7) is 1.42. The topological polar surface area (TPSA) is 102 Å². The molecule has 3 N–H and O–H groups in total. The van der Waals surface area contributed by atoms with E-state index in [1.807, 2.05) is 30.3 Å². The number of Topliss-reactive ketones (excluding diaryl/α,β-unsaturated/α-hetero) is 1. The molecule has 0 bridgehead atoms. The third kappa shape index (κ3) is 5.77. The molecule has 0 aromatic heterocycles. The largest absolute Gasteiger partial charge is 0.331 e. The Kier molecular flexibility index (Phi) is 7.75. The van der Waals surface area contributed by atoms with E-state index in [1.165, 1.54) is 4.90 Å². The van der Waals surface area contributed by atoms with Crippen molar-refractivity contribution in [2.75, 3.05) is 33.7 Å². The first-order chi connectivity index (χ1) is 12.9. The Morgan fingerprint density at radius 3 is 2.63 bits per heavy atom. The third-order valence-corrected chi connectivity index (χ3v) is 4.78. The number of piperazine rings is 1. The van der Waals surface area contributed by atoms with Crippen molar-refractivity contribution in [1.82, 2.24) is 20.6 Å². The van der Waals surface area contributed by atoms with Crippen molar-refractivity contribution < 1.29 is 19.6 Å². The summed E-state index contributed by atoms with van der Waals surface area (Å²) in [6, 6.07) is 8.87. The monoisotopic (exact) mass is 376 g/mol. The molecule has 0 aliphatic carbocycles. The molecule has 1 aliphatic heterocycles. The van der Waals surface area contributed by atoms with Crippen molar-refractivity contribution in [2.45, 2.75) is 25.3 Å². The number of nitrogens with one attached hydrogen (secondary N) is 2. The number of carbonyl (C=O) groups is 3. The van der Waals surface area contributed by atoms with Crippen LogP contribution in [0.2, 0.25) is 0 Å². The second-order valence-corrected chi connectivity index (χ2v) is 6.95. The van der Waals surface area contributed by atoms with Crippen molar-refractivity contribution in [2.24, 2.45) is 5.92 Å². The second-order valence-electron chi connectivity index (χ2n) is 6.95. The van der Waals surface area contributed by atoms with Crippen LogP contribution in [0.1, 0.15) is 18.4 Å². The zero-order chi connectivity index (χ0) is 19.8. The van der Waals surface area contributed by atoms with Crippen molar-refractivity contribution in [3.05, 3.63) is 35.9 Å². The van der Waals surface area contributed by atoms with Crippen LogP contribution in [-0.4, -0.2) is 72.5 Å². The molecule has 8 nitrogen and oxygen atoms in total. The van der Waals surface area contributed by atoms with E-state index in [1.54, 1.807) is 24.5 Å². The molecule has 2 atom stereocenters. The Morgan fingerprint density at radius 2 is 2.00 bits per heavy atom. The Labute approximate surface area is 159 Å². The minimum Gasteiger partial charge on any atom is -0.331 e. The Balaban J connectivity index is 2.14. The van der Waals surface area contributed by atoms with Crippen LogP contribution in [0, 0.1) is 5.92 Å². The fourth-order valence-electron chi connectivity index (χ4n) is 3.32. The standard InChI is InChI=1S/C19H28N4O4/c1-22(2)19(26)23-11-10-20-13-16(23)18(25)15(12-17(24)21-27)9-8-14-6-4-3-5-7-14/h3-7,15-16,20,27H,8-13H2,1-2H3,(H,21,24)/t15?,16-/m0/s1. The molecule has 1 heterocycles. The number of amides is 3. The average molecular weight is 376 g/mol. The number of aryl methyl sites for hydroxylation is 1. The summed E-state index contributed by atoms with van der Waals surface area (Å²) in [5, 5.41) is 12.0. The minimum atomic E-state index is -0.624. The molecular weight excluding hydrogens is 348 g/mol. The maximum absolute atomic E-state index is 13.2. The number of rotatable bonds is 7. The summed E-state index contributed by atoms with van der Waals surface area (Å²) in [4.78, 5) is 40.4. The molecule has 148 valence electrons. The lowest BCUT2D eigenvalue weighted by atomic mass is 9.87. The zero-order valence-corrected chi connectivity index (χ0v) is 15.9. The van der Waals surface area contributed by atoms with Gasteiger partial charge in [-0.3, -0.25) is 14.8 Å². The van der Waals surface area contributed by atoms with Gasteiger partial charge in [0, 0.05) is 46.1 Å². The van der Waals surface area contributed by atoms with Crippen LogP contribution in [0.3, 0.4) is 0 Å². The number of carbonyl (C=O) groups excluding carboxylic acids is 3. The molecule has 1 aromatic carbocycles. The van der Waals surface area contributed by atoms with Gasteiger partial charge in [0.1, 0.15) is 6.04 Å². The van der Waals surface area contributed by atoms with Crippen molar-refractivity contribution in [3.8, 4) is 0 Å². The van der Waals surface area contributed by atoms with Crippen LogP contribution >= 0.6 is 0 Å². The number of benzene rings is 1. The van der Waals surface area contributed by atoms with Gasteiger partial charge in [-0.05, 0) is 18.4 Å². The highest BCUT2D eigenvalue weighted by Gasteiger charge is 2.36. The number of hydroxylamine groups is 1. The Morgan fingerprint density at radius 1 is 1.30 bits per heavy atom. The smallest absolute Gasteiger partial charge is 0.320 e. The molecule has 1 aliphatic rings. The van der Waals surface area contributed by atoms with Gasteiger partial charge in [-0.15, -0.1) is 0 Å². The molecule has 8 heteroatoms. The quantitative estimate of drug-likeness (QED) is 0.479. The average Bonchev–Trinajstić information content (AvgIpc) is 2.70. The van der Waals surface area contributed by atoms with E-state index < -0.39 is 17.9 Å². The van der Waals surface area contributed by atoms with Gasteiger partial charge in [0.15, 0.2) is 5.78 Å². The fourth-order valence-corrected chi connectivity index (χ4v) is 3.32. The molecular formula is C19H28N4O4. The maximum Gasteiger partial charge on any atom is 0.320 e. The molecule has 0 spiro atoms. The van der Waals surface area contributed by atoms with Gasteiger partial charge in [0.2, 0.25) is 5.91 Å². The molecule has 1 unspecified atom stereocenters. The summed E-state index contributed by atoms with van der Waals surface area (Å²) >= 11 is 0. The van der Waals surface area contributed by atoms with Gasteiger partial charge >= 0.3 is 6.03 Å². The van der Waals surface area contributed by atoms with Crippen LogP contribution in [0.15, 0.2) is 30.3 Å². The summed E-state index contributed by atoms with van der Waals surface area (Å²) in [7, 11) is 3.30. The number of urea groups is 1. The van der Waals surface area contributed by atoms with E-state index in [2.05, 4.69) is 5.32 Å². The number of hydrogen-bond donors (Lipinski definition) is 3. The number of ketones is 1. The number of hydrogen-bond acceptors (Lipinski definition) is 5. The summed E-state index contributed by atoms with van der Waals surface area (Å²) < 4.78 is 0. The first kappa shape index (κ1) is 20.9. The van der Waals surface area contributed by atoms with E-state index in [4.69, 9.17) is 5.21 Å². The van der Waals surface area contributed by atoms with E-state index in [9.17, 15) is 14.4 Å². The van der Waals surface area contributed by atoms with E-state index >= 15 is 0 Å². The first-order valence-electron chi connectivity index (χ1n) is 9.13. The normalized spacial score (nSPS) is 17.9. The Hall–Kier alpha value is -2.45. The molecule has 0 radical (unpaired) electrons. The first-order valence-corrected chi connectivity index (χ1v) is 9.13. The highest BCUT2D eigenvalue weighted by molar-refractivity contribution is 5.93. The van der Waals surface area contributed by atoms with Gasteiger partial charge in [-0.1, -0.05) is 30.3 Å². The van der Waals surface area contributed by atoms with Crippen molar-refractivity contribution >= 4 is 17.7 Å². The van der Waals surface area contributed by atoms with Gasteiger partial charge in [-0.25, -0.2) is 10.3 Å². The maximum atomic E-state index is 13.2. The minimum absolute atomic E-state index is 0.108. The fraction of sp³-hybridized carbons (Fsp3) is 0.526. The van der Waals surface area contributed by atoms with Crippen LogP contribution in [0.4, 0.5) is 4.79 Å². The van der Waals surface area contributed by atoms with Crippen molar-refractivity contribution in [3.63, 3.8) is 0 Å². The van der Waals surface area contributed by atoms with E-state index in [0.29, 0.717) is 32.5 Å². The highest BCUT2D eigenvalue weighted by atomic mass is 16.5. The highest BCUT2D eigenvalue weighted by Crippen LogP contribution is 2.20. The van der Waals surface area contributed by atoms with E-state index in [0.717, 1.165) is 5.56 Å².